The number of hydrogen-bond donors (Lipinski definition) is 0. The summed E-state index contributed by atoms with van der Waals surface area (Å²) in [5, 5.41) is 0.735. The van der Waals surface area contributed by atoms with Crippen LogP contribution in [0.2, 0.25) is 5.02 Å². The number of para-hydroxylation sites is 1. The zero-order valence-electron chi connectivity index (χ0n) is 11.4. The van der Waals surface area contributed by atoms with E-state index in [2.05, 4.69) is 0 Å². The van der Waals surface area contributed by atoms with Gasteiger partial charge in [0.25, 0.3) is 0 Å². The predicted octanol–water partition coefficient (Wildman–Crippen LogP) is -2.91. The second kappa shape index (κ2) is 17.8. The first-order valence-corrected chi connectivity index (χ1v) is 6.05. The Balaban J connectivity index is -0.000000116. The standard InChI is InChI=1S/C7H8OS.C6H5ClS.2BrH.2Mg/c1-8-6-4-2-3-5-7(6)9;7-5-1-3-6(8)4-2-5;;;;/h2-5,9H,1H3;1-4,8H;2*1H;;/q;;;;2*+2/p-4. The molecule has 0 radical (unpaired) electrons. The van der Waals surface area contributed by atoms with Crippen LogP contribution in [0.4, 0.5) is 0 Å². The number of ether oxygens (including phenoxy) is 1. The molecule has 0 aliphatic heterocycles. The number of hydrogen-bond acceptors (Lipinski definition) is 3. The molecular formula is C13H11Br2ClMg2OS2. The fraction of sp³-hybridized carbons (Fsp3) is 0.0769. The van der Waals surface area contributed by atoms with Crippen LogP contribution in [0.3, 0.4) is 0 Å². The SMILES string of the molecule is COc1ccccc1[S-].[Br-].[Br-].[Mg+2].[Mg+2].[S-]c1ccc(Cl)cc1. The minimum Gasteiger partial charge on any atom is -1.00 e. The molecule has 2 rings (SSSR count). The van der Waals surface area contributed by atoms with Crippen LogP contribution in [0.1, 0.15) is 0 Å². The maximum Gasteiger partial charge on any atom is 2.00 e. The van der Waals surface area contributed by atoms with E-state index in [9.17, 15) is 0 Å². The van der Waals surface area contributed by atoms with Gasteiger partial charge in [-0.25, -0.2) is 0 Å². The molecule has 0 N–H and O–H groups in total. The van der Waals surface area contributed by atoms with Crippen molar-refractivity contribution < 1.29 is 38.7 Å². The van der Waals surface area contributed by atoms with Crippen LogP contribution in [0.25, 0.3) is 0 Å². The van der Waals surface area contributed by atoms with Gasteiger partial charge in [0.15, 0.2) is 0 Å². The molecule has 0 heterocycles. The molecule has 21 heavy (non-hydrogen) atoms. The quantitative estimate of drug-likeness (QED) is 0.313. The van der Waals surface area contributed by atoms with Crippen molar-refractivity contribution in [1.29, 1.82) is 0 Å². The van der Waals surface area contributed by atoms with Gasteiger partial charge in [0.05, 0.1) is 12.9 Å². The molecule has 0 aliphatic carbocycles. The Bertz CT molecular complexity index is 455. The van der Waals surface area contributed by atoms with Gasteiger partial charge in [0.1, 0.15) is 0 Å². The second-order valence-electron chi connectivity index (χ2n) is 3.10. The first kappa shape index (κ1) is 30.4. The van der Waals surface area contributed by atoms with Crippen molar-refractivity contribution in [3.63, 3.8) is 0 Å². The Morgan fingerprint density at radius 1 is 0.857 bits per heavy atom. The third-order valence-corrected chi connectivity index (χ3v) is 2.74. The van der Waals surface area contributed by atoms with Gasteiger partial charge in [-0.05, 0) is 18.2 Å². The zero-order valence-corrected chi connectivity index (χ0v) is 19.8. The van der Waals surface area contributed by atoms with Gasteiger partial charge >= 0.3 is 46.1 Å². The molecule has 0 bridgehead atoms. The summed E-state index contributed by atoms with van der Waals surface area (Å²) < 4.78 is 4.94. The van der Waals surface area contributed by atoms with Crippen molar-refractivity contribution >= 4 is 83.0 Å². The van der Waals surface area contributed by atoms with Crippen LogP contribution in [-0.4, -0.2) is 53.2 Å². The van der Waals surface area contributed by atoms with E-state index in [0.717, 1.165) is 20.6 Å². The molecule has 2 aromatic rings. The van der Waals surface area contributed by atoms with E-state index >= 15 is 0 Å². The molecule has 0 aliphatic rings. The Kier molecular flexibility index (Phi) is 25.7. The summed E-state index contributed by atoms with van der Waals surface area (Å²) in [5.74, 6) is 0.771. The summed E-state index contributed by atoms with van der Waals surface area (Å²) in [6, 6.07) is 14.7. The van der Waals surface area contributed by atoms with E-state index < -0.39 is 0 Å². The molecule has 1 nitrogen and oxygen atoms in total. The van der Waals surface area contributed by atoms with Gasteiger partial charge in [-0.1, -0.05) is 41.9 Å². The zero-order chi connectivity index (χ0) is 12.7. The number of rotatable bonds is 1. The van der Waals surface area contributed by atoms with E-state index in [1.54, 1.807) is 31.4 Å². The van der Waals surface area contributed by atoms with Crippen molar-refractivity contribution in [1.82, 2.24) is 0 Å². The van der Waals surface area contributed by atoms with Crippen LogP contribution in [0.5, 0.6) is 5.75 Å². The Morgan fingerprint density at radius 2 is 1.33 bits per heavy atom. The molecule has 0 unspecified atom stereocenters. The van der Waals surface area contributed by atoms with Gasteiger partial charge in [0, 0.05) is 5.02 Å². The van der Waals surface area contributed by atoms with E-state index in [1.807, 2.05) is 24.3 Å². The molecule has 0 amide bonds. The Hall–Kier alpha value is 1.46. The molecule has 106 valence electrons. The van der Waals surface area contributed by atoms with E-state index in [0.29, 0.717) is 0 Å². The molecule has 0 saturated heterocycles. The van der Waals surface area contributed by atoms with Gasteiger partial charge in [0.2, 0.25) is 0 Å². The number of halogens is 3. The van der Waals surface area contributed by atoms with Gasteiger partial charge in [-0.3, -0.25) is 0 Å². The summed E-state index contributed by atoms with van der Waals surface area (Å²) in [4.78, 5) is 1.59. The molecular weight excluding hydrogens is 480 g/mol. The molecule has 0 aromatic heterocycles. The number of methoxy groups -OCH3 is 1. The second-order valence-corrected chi connectivity index (χ2v) is 4.45. The third kappa shape index (κ3) is 13.6. The summed E-state index contributed by atoms with van der Waals surface area (Å²) in [6.45, 7) is 0. The van der Waals surface area contributed by atoms with Crippen LogP contribution >= 0.6 is 11.6 Å². The maximum atomic E-state index is 5.57. The van der Waals surface area contributed by atoms with E-state index in [1.165, 1.54) is 0 Å². The van der Waals surface area contributed by atoms with Gasteiger partial charge in [-0.15, -0.1) is 4.90 Å². The van der Waals surface area contributed by atoms with Crippen molar-refractivity contribution in [3.05, 3.63) is 53.6 Å². The minimum atomic E-state index is 0. The van der Waals surface area contributed by atoms with Crippen LogP contribution in [0.15, 0.2) is 58.3 Å². The maximum absolute atomic E-state index is 5.57. The predicted molar refractivity (Wildman–Crippen MR) is 87.2 cm³/mol. The average molecular weight is 491 g/mol. The summed E-state index contributed by atoms with van der Waals surface area (Å²) in [6.07, 6.45) is 0. The largest absolute Gasteiger partial charge is 2.00 e. The van der Waals surface area contributed by atoms with Crippen molar-refractivity contribution in [2.45, 2.75) is 9.79 Å². The first-order chi connectivity index (χ1) is 8.13. The van der Waals surface area contributed by atoms with Crippen molar-refractivity contribution in [3.8, 4) is 5.75 Å². The molecule has 0 fully saturated rings. The molecule has 0 spiro atoms. The summed E-state index contributed by atoms with van der Waals surface area (Å²) in [7, 11) is 1.62. The molecule has 0 atom stereocenters. The third-order valence-electron chi connectivity index (χ3n) is 1.88. The monoisotopic (exact) mass is 488 g/mol. The van der Waals surface area contributed by atoms with Crippen molar-refractivity contribution in [2.24, 2.45) is 0 Å². The Morgan fingerprint density at radius 3 is 1.67 bits per heavy atom. The fourth-order valence-electron chi connectivity index (χ4n) is 1.05. The number of benzene rings is 2. The molecule has 8 heteroatoms. The normalized spacial score (nSPS) is 7.33. The van der Waals surface area contributed by atoms with E-state index in [-0.39, 0.29) is 80.1 Å². The van der Waals surface area contributed by atoms with Gasteiger partial charge in [-0.2, -0.15) is 4.90 Å². The Labute approximate surface area is 195 Å². The topological polar surface area (TPSA) is 9.23 Å². The molecule has 2 aromatic carbocycles. The molecule has 0 saturated carbocycles. The summed E-state index contributed by atoms with van der Waals surface area (Å²) in [5.41, 5.74) is 0. The van der Waals surface area contributed by atoms with Crippen LogP contribution in [0, 0.1) is 0 Å². The fourth-order valence-corrected chi connectivity index (χ4v) is 1.55. The summed E-state index contributed by atoms with van der Waals surface area (Å²) >= 11 is 15.3. The van der Waals surface area contributed by atoms with Crippen molar-refractivity contribution in [2.75, 3.05) is 7.11 Å². The average Bonchev–Trinajstić information content (AvgIpc) is 2.34. The van der Waals surface area contributed by atoms with Gasteiger partial charge < -0.3 is 64.0 Å². The van der Waals surface area contributed by atoms with Crippen LogP contribution in [-0.2, 0) is 25.3 Å². The minimum absolute atomic E-state index is 0. The van der Waals surface area contributed by atoms with Crippen LogP contribution < -0.4 is 38.7 Å². The van der Waals surface area contributed by atoms with E-state index in [4.69, 9.17) is 41.6 Å². The smallest absolute Gasteiger partial charge is 1.00 e. The first-order valence-electron chi connectivity index (χ1n) is 4.86.